The molecule has 3 nitrogen and oxygen atoms in total. The molecule has 0 aliphatic carbocycles. The van der Waals surface area contributed by atoms with E-state index in [0.717, 1.165) is 35.4 Å². The zero-order chi connectivity index (χ0) is 11.5. The van der Waals surface area contributed by atoms with Crippen LogP contribution < -0.4 is 9.47 Å². The average Bonchev–Trinajstić information content (AvgIpc) is 3.11. The van der Waals surface area contributed by atoms with Gasteiger partial charge in [0.2, 0.25) is 0 Å². The highest BCUT2D eigenvalue weighted by atomic mass is 79.9. The Bertz CT molecular complexity index is 375. The lowest BCUT2D eigenvalue weighted by atomic mass is 10.1. The van der Waals surface area contributed by atoms with Crippen molar-refractivity contribution >= 4 is 15.9 Å². The van der Waals surface area contributed by atoms with Crippen LogP contribution in [0.25, 0.3) is 0 Å². The van der Waals surface area contributed by atoms with Crippen LogP contribution in [0.2, 0.25) is 0 Å². The van der Waals surface area contributed by atoms with E-state index >= 15 is 0 Å². The molecule has 0 amide bonds. The summed E-state index contributed by atoms with van der Waals surface area (Å²) in [5, 5.41) is 0. The Morgan fingerprint density at radius 2 is 1.94 bits per heavy atom. The first kappa shape index (κ1) is 11.7. The average molecular weight is 287 g/mol. The maximum Gasteiger partial charge on any atom is 0.161 e. The monoisotopic (exact) mass is 286 g/mol. The first-order valence-electron chi connectivity index (χ1n) is 5.26. The molecule has 0 radical (unpaired) electrons. The molecular formula is C12H15BrO3. The highest BCUT2D eigenvalue weighted by molar-refractivity contribution is 9.10. The van der Waals surface area contributed by atoms with E-state index in [9.17, 15) is 0 Å². The van der Waals surface area contributed by atoms with Gasteiger partial charge < -0.3 is 14.2 Å². The molecule has 0 N–H and O–H groups in total. The number of ether oxygens (including phenoxy) is 3. The van der Waals surface area contributed by atoms with Crippen molar-refractivity contribution in [3.05, 3.63) is 22.2 Å². The maximum atomic E-state index is 5.28. The largest absolute Gasteiger partial charge is 0.493 e. The lowest BCUT2D eigenvalue weighted by molar-refractivity contribution is 0.354. The molecule has 1 heterocycles. The number of rotatable bonds is 5. The van der Waals surface area contributed by atoms with Crippen molar-refractivity contribution in [1.82, 2.24) is 0 Å². The molecule has 1 atom stereocenters. The molecule has 1 unspecified atom stereocenters. The minimum atomic E-state index is 0.458. The van der Waals surface area contributed by atoms with Gasteiger partial charge in [0.25, 0.3) is 0 Å². The second-order valence-electron chi connectivity index (χ2n) is 3.79. The van der Waals surface area contributed by atoms with Crippen LogP contribution in [0.15, 0.2) is 16.6 Å². The van der Waals surface area contributed by atoms with Gasteiger partial charge in [-0.2, -0.15) is 0 Å². The van der Waals surface area contributed by atoms with Crippen molar-refractivity contribution < 1.29 is 14.2 Å². The van der Waals surface area contributed by atoms with E-state index in [1.807, 2.05) is 12.1 Å². The molecule has 0 aromatic heterocycles. The molecular weight excluding hydrogens is 272 g/mol. The summed E-state index contributed by atoms with van der Waals surface area (Å²) in [6.45, 7) is 0.908. The van der Waals surface area contributed by atoms with Gasteiger partial charge in [0.1, 0.15) is 0 Å². The lowest BCUT2D eigenvalue weighted by Gasteiger charge is -2.11. The second-order valence-corrected chi connectivity index (χ2v) is 4.65. The van der Waals surface area contributed by atoms with E-state index in [0.29, 0.717) is 6.10 Å². The molecule has 1 saturated heterocycles. The van der Waals surface area contributed by atoms with Crippen LogP contribution in [-0.2, 0) is 11.2 Å². The van der Waals surface area contributed by atoms with E-state index in [1.165, 1.54) is 5.56 Å². The van der Waals surface area contributed by atoms with Crippen molar-refractivity contribution in [2.24, 2.45) is 0 Å². The summed E-state index contributed by atoms with van der Waals surface area (Å²) in [6.07, 6.45) is 2.51. The minimum absolute atomic E-state index is 0.458. The number of epoxide rings is 1. The Balaban J connectivity index is 2.15. The van der Waals surface area contributed by atoms with Crippen molar-refractivity contribution in [2.45, 2.75) is 18.9 Å². The first-order chi connectivity index (χ1) is 7.74. The molecule has 1 aliphatic rings. The molecule has 4 heteroatoms. The van der Waals surface area contributed by atoms with E-state index in [2.05, 4.69) is 15.9 Å². The van der Waals surface area contributed by atoms with Crippen molar-refractivity contribution in [3.8, 4) is 11.5 Å². The molecule has 1 aliphatic heterocycles. The van der Waals surface area contributed by atoms with E-state index in [-0.39, 0.29) is 0 Å². The van der Waals surface area contributed by atoms with Gasteiger partial charge in [-0.3, -0.25) is 0 Å². The highest BCUT2D eigenvalue weighted by Crippen LogP contribution is 2.34. The summed E-state index contributed by atoms with van der Waals surface area (Å²) >= 11 is 3.55. The minimum Gasteiger partial charge on any atom is -0.493 e. The van der Waals surface area contributed by atoms with Gasteiger partial charge in [0.05, 0.1) is 26.9 Å². The Kier molecular flexibility index (Phi) is 3.71. The van der Waals surface area contributed by atoms with Gasteiger partial charge in [-0.1, -0.05) is 15.9 Å². The molecule has 16 heavy (non-hydrogen) atoms. The van der Waals surface area contributed by atoms with Crippen molar-refractivity contribution in [2.75, 3.05) is 20.8 Å². The summed E-state index contributed by atoms with van der Waals surface area (Å²) in [5.74, 6) is 1.53. The van der Waals surface area contributed by atoms with Gasteiger partial charge in [-0.25, -0.2) is 0 Å². The van der Waals surface area contributed by atoms with Gasteiger partial charge in [-0.05, 0) is 30.5 Å². The molecule has 1 fully saturated rings. The van der Waals surface area contributed by atoms with Gasteiger partial charge >= 0.3 is 0 Å². The number of methoxy groups -OCH3 is 2. The SMILES string of the molecule is COc1cc(Br)c(CCC2CO2)cc1OC. The summed E-state index contributed by atoms with van der Waals surface area (Å²) in [7, 11) is 3.29. The Hall–Kier alpha value is -0.740. The van der Waals surface area contributed by atoms with Crippen LogP contribution in [0, 0.1) is 0 Å². The molecule has 1 aromatic carbocycles. The van der Waals surface area contributed by atoms with E-state index < -0.39 is 0 Å². The predicted octanol–water partition coefficient (Wildman–Crippen LogP) is 2.80. The molecule has 0 spiro atoms. The maximum absolute atomic E-state index is 5.28. The summed E-state index contributed by atoms with van der Waals surface area (Å²) in [5.41, 5.74) is 1.23. The fourth-order valence-electron chi connectivity index (χ4n) is 1.64. The third kappa shape index (κ3) is 2.68. The summed E-state index contributed by atoms with van der Waals surface area (Å²) in [6, 6.07) is 3.97. The van der Waals surface area contributed by atoms with Crippen molar-refractivity contribution in [1.29, 1.82) is 0 Å². The lowest BCUT2D eigenvalue weighted by Crippen LogP contribution is -1.96. The Labute approximate surface area is 104 Å². The fraction of sp³-hybridized carbons (Fsp3) is 0.500. The molecule has 1 aromatic rings. The van der Waals surface area contributed by atoms with Crippen LogP contribution >= 0.6 is 15.9 Å². The van der Waals surface area contributed by atoms with Gasteiger partial charge in [-0.15, -0.1) is 0 Å². The fourth-order valence-corrected chi connectivity index (χ4v) is 2.16. The number of aryl methyl sites for hydroxylation is 1. The van der Waals surface area contributed by atoms with E-state index in [1.54, 1.807) is 14.2 Å². The number of halogens is 1. The van der Waals surface area contributed by atoms with Gasteiger partial charge in [0, 0.05) is 4.47 Å². The Morgan fingerprint density at radius 1 is 1.31 bits per heavy atom. The third-order valence-corrected chi connectivity index (χ3v) is 3.43. The molecule has 88 valence electrons. The first-order valence-corrected chi connectivity index (χ1v) is 6.06. The summed E-state index contributed by atoms with van der Waals surface area (Å²) in [4.78, 5) is 0. The van der Waals surface area contributed by atoms with Crippen molar-refractivity contribution in [3.63, 3.8) is 0 Å². The molecule has 2 rings (SSSR count). The highest BCUT2D eigenvalue weighted by Gasteiger charge is 2.22. The number of benzene rings is 1. The van der Waals surface area contributed by atoms with Crippen LogP contribution in [-0.4, -0.2) is 26.9 Å². The van der Waals surface area contributed by atoms with Gasteiger partial charge in [0.15, 0.2) is 11.5 Å². The topological polar surface area (TPSA) is 31.0 Å². The zero-order valence-electron chi connectivity index (χ0n) is 9.46. The van der Waals surface area contributed by atoms with Crippen LogP contribution in [0.4, 0.5) is 0 Å². The normalized spacial score (nSPS) is 18.3. The van der Waals surface area contributed by atoms with E-state index in [4.69, 9.17) is 14.2 Å². The Morgan fingerprint density at radius 3 is 2.50 bits per heavy atom. The number of hydrogen-bond donors (Lipinski definition) is 0. The third-order valence-electron chi connectivity index (χ3n) is 2.69. The number of hydrogen-bond acceptors (Lipinski definition) is 3. The quantitative estimate of drug-likeness (QED) is 0.780. The molecule has 0 saturated carbocycles. The molecule has 0 bridgehead atoms. The summed E-state index contributed by atoms with van der Waals surface area (Å²) < 4.78 is 16.8. The second kappa shape index (κ2) is 5.06. The van der Waals surface area contributed by atoms with Crippen LogP contribution in [0.1, 0.15) is 12.0 Å². The predicted molar refractivity (Wildman–Crippen MR) is 65.3 cm³/mol. The van der Waals surface area contributed by atoms with Crippen LogP contribution in [0.5, 0.6) is 11.5 Å². The standard InChI is InChI=1S/C12H15BrO3/c1-14-11-5-8(3-4-9-7-16-9)10(13)6-12(11)15-2/h5-6,9H,3-4,7H2,1-2H3. The van der Waals surface area contributed by atoms with Crippen LogP contribution in [0.3, 0.4) is 0 Å². The zero-order valence-corrected chi connectivity index (χ0v) is 11.0. The smallest absolute Gasteiger partial charge is 0.161 e.